The molecule has 0 aliphatic carbocycles. The van der Waals surface area contributed by atoms with Crippen molar-refractivity contribution in [3.63, 3.8) is 0 Å². The molecule has 2 aromatic heterocycles. The minimum atomic E-state index is -0.0905. The Hall–Kier alpha value is -1.92. The highest BCUT2D eigenvalue weighted by Crippen LogP contribution is 2.42. The quantitative estimate of drug-likeness (QED) is 0.919. The maximum atomic E-state index is 10.3. The predicted molar refractivity (Wildman–Crippen MR) is 95.3 cm³/mol. The number of rotatable bonds is 4. The molecule has 0 bridgehead atoms. The second kappa shape index (κ2) is 6.77. The summed E-state index contributed by atoms with van der Waals surface area (Å²) in [6, 6.07) is 6.48. The Morgan fingerprint density at radius 2 is 2.20 bits per heavy atom. The fraction of sp³-hybridized carbons (Fsp3) is 0.579. The molecule has 2 atom stereocenters. The van der Waals surface area contributed by atoms with Gasteiger partial charge in [-0.1, -0.05) is 0 Å². The van der Waals surface area contributed by atoms with Crippen LogP contribution in [0.5, 0.6) is 0 Å². The van der Waals surface area contributed by atoms with Crippen LogP contribution in [0, 0.1) is 12.3 Å². The molecule has 25 heavy (non-hydrogen) atoms. The van der Waals surface area contributed by atoms with Crippen molar-refractivity contribution in [3.8, 4) is 0 Å². The predicted octanol–water partition coefficient (Wildman–Crippen LogP) is 2.23. The highest BCUT2D eigenvalue weighted by atomic mass is 16.3. The lowest BCUT2D eigenvalue weighted by Crippen LogP contribution is -2.62. The molecule has 1 N–H and O–H groups in total. The summed E-state index contributed by atoms with van der Waals surface area (Å²) in [5, 5.41) is 18.9. The molecule has 2 aromatic rings. The van der Waals surface area contributed by atoms with E-state index in [4.69, 9.17) is 4.42 Å². The molecule has 0 saturated carbocycles. The number of anilines is 1. The molecule has 134 valence electrons. The van der Waals surface area contributed by atoms with Gasteiger partial charge in [-0.15, -0.1) is 5.10 Å². The Balaban J connectivity index is 1.54. The van der Waals surface area contributed by atoms with Crippen LogP contribution in [-0.2, 0) is 6.54 Å². The third kappa shape index (κ3) is 3.16. The van der Waals surface area contributed by atoms with E-state index in [0.717, 1.165) is 57.0 Å². The molecule has 0 unspecified atom stereocenters. The van der Waals surface area contributed by atoms with Gasteiger partial charge in [-0.05, 0) is 50.9 Å². The van der Waals surface area contributed by atoms with Crippen LogP contribution >= 0.6 is 0 Å². The first-order valence-electron chi connectivity index (χ1n) is 9.11. The average molecular weight is 342 g/mol. The fourth-order valence-electron chi connectivity index (χ4n) is 4.55. The lowest BCUT2D eigenvalue weighted by molar-refractivity contribution is -0.0402. The molecule has 2 fully saturated rings. The minimum absolute atomic E-state index is 0.0905. The SMILES string of the molecule is Cc1ccc(N2CC[C@@H]3N(Cc4ccoc4)CCC[C@@]3(CO)C2)nn1. The van der Waals surface area contributed by atoms with Crippen LogP contribution in [0.3, 0.4) is 0 Å². The highest BCUT2D eigenvalue weighted by molar-refractivity contribution is 5.39. The van der Waals surface area contributed by atoms with E-state index in [-0.39, 0.29) is 12.0 Å². The molecule has 2 aliphatic rings. The third-order valence-corrected chi connectivity index (χ3v) is 5.83. The van der Waals surface area contributed by atoms with Crippen molar-refractivity contribution in [2.45, 2.75) is 38.8 Å². The monoisotopic (exact) mass is 342 g/mol. The van der Waals surface area contributed by atoms with Gasteiger partial charge in [-0.2, -0.15) is 5.10 Å². The van der Waals surface area contributed by atoms with Gasteiger partial charge in [0.2, 0.25) is 0 Å². The Kier molecular flexibility index (Phi) is 4.48. The number of piperidine rings is 2. The zero-order chi connectivity index (χ0) is 17.3. The largest absolute Gasteiger partial charge is 0.472 e. The van der Waals surface area contributed by atoms with E-state index in [1.54, 1.807) is 6.26 Å². The van der Waals surface area contributed by atoms with E-state index in [2.05, 4.69) is 20.0 Å². The first-order valence-corrected chi connectivity index (χ1v) is 9.11. The third-order valence-electron chi connectivity index (χ3n) is 5.83. The first kappa shape index (κ1) is 16.5. The lowest BCUT2D eigenvalue weighted by atomic mass is 9.69. The van der Waals surface area contributed by atoms with Gasteiger partial charge in [0.1, 0.15) is 0 Å². The smallest absolute Gasteiger partial charge is 0.151 e. The Morgan fingerprint density at radius 3 is 2.92 bits per heavy atom. The molecule has 0 spiro atoms. The molecule has 0 radical (unpaired) electrons. The van der Waals surface area contributed by atoms with E-state index in [0.29, 0.717) is 6.04 Å². The van der Waals surface area contributed by atoms with Crippen molar-refractivity contribution >= 4 is 5.82 Å². The van der Waals surface area contributed by atoms with Crippen LogP contribution in [0.4, 0.5) is 5.82 Å². The van der Waals surface area contributed by atoms with Crippen molar-refractivity contribution in [1.82, 2.24) is 15.1 Å². The maximum Gasteiger partial charge on any atom is 0.151 e. The van der Waals surface area contributed by atoms with Gasteiger partial charge in [0.15, 0.2) is 5.82 Å². The summed E-state index contributed by atoms with van der Waals surface area (Å²) in [5.41, 5.74) is 2.05. The summed E-state index contributed by atoms with van der Waals surface area (Å²) in [6.07, 6.45) is 6.77. The summed E-state index contributed by atoms with van der Waals surface area (Å²) in [7, 11) is 0. The van der Waals surface area contributed by atoms with Crippen LogP contribution in [0.15, 0.2) is 35.1 Å². The number of nitrogens with zero attached hydrogens (tertiary/aromatic N) is 4. The number of fused-ring (bicyclic) bond motifs is 1. The zero-order valence-corrected chi connectivity index (χ0v) is 14.8. The van der Waals surface area contributed by atoms with Gasteiger partial charge >= 0.3 is 0 Å². The molecular formula is C19H26N4O2. The maximum absolute atomic E-state index is 10.3. The molecular weight excluding hydrogens is 316 g/mol. The molecule has 0 amide bonds. The number of hydrogen-bond donors (Lipinski definition) is 1. The van der Waals surface area contributed by atoms with Crippen molar-refractivity contribution < 1.29 is 9.52 Å². The number of aliphatic hydroxyl groups excluding tert-OH is 1. The molecule has 4 heterocycles. The van der Waals surface area contributed by atoms with Gasteiger partial charge < -0.3 is 14.4 Å². The van der Waals surface area contributed by atoms with Crippen LogP contribution in [0.25, 0.3) is 0 Å². The lowest BCUT2D eigenvalue weighted by Gasteiger charge is -2.54. The Labute approximate surface area is 148 Å². The Morgan fingerprint density at radius 1 is 1.28 bits per heavy atom. The van der Waals surface area contributed by atoms with Crippen LogP contribution in [-0.4, -0.2) is 52.5 Å². The van der Waals surface area contributed by atoms with Gasteiger partial charge in [0.25, 0.3) is 0 Å². The molecule has 2 saturated heterocycles. The van der Waals surface area contributed by atoms with E-state index < -0.39 is 0 Å². The Bertz CT molecular complexity index is 688. The fourth-order valence-corrected chi connectivity index (χ4v) is 4.55. The van der Waals surface area contributed by atoms with Gasteiger partial charge in [-0.3, -0.25) is 4.90 Å². The zero-order valence-electron chi connectivity index (χ0n) is 14.8. The van der Waals surface area contributed by atoms with Crippen molar-refractivity contribution in [2.24, 2.45) is 5.41 Å². The van der Waals surface area contributed by atoms with Gasteiger partial charge in [-0.25, -0.2) is 0 Å². The highest BCUT2D eigenvalue weighted by Gasteiger charge is 2.48. The normalized spacial score (nSPS) is 27.3. The van der Waals surface area contributed by atoms with E-state index >= 15 is 0 Å². The second-order valence-corrected chi connectivity index (χ2v) is 7.49. The van der Waals surface area contributed by atoms with Crippen molar-refractivity contribution in [2.75, 3.05) is 31.1 Å². The number of aromatic nitrogens is 2. The summed E-state index contributed by atoms with van der Waals surface area (Å²) in [5.74, 6) is 0.920. The summed E-state index contributed by atoms with van der Waals surface area (Å²) < 4.78 is 5.23. The number of furan rings is 1. The van der Waals surface area contributed by atoms with Crippen LogP contribution < -0.4 is 4.90 Å². The van der Waals surface area contributed by atoms with Crippen LogP contribution in [0.1, 0.15) is 30.5 Å². The topological polar surface area (TPSA) is 65.6 Å². The number of aliphatic hydroxyl groups is 1. The summed E-state index contributed by atoms with van der Waals surface area (Å²) in [4.78, 5) is 4.82. The number of likely N-dealkylation sites (tertiary alicyclic amines) is 1. The average Bonchev–Trinajstić information content (AvgIpc) is 3.15. The molecule has 4 rings (SSSR count). The van der Waals surface area contributed by atoms with Gasteiger partial charge in [0, 0.05) is 36.7 Å². The van der Waals surface area contributed by atoms with E-state index in [9.17, 15) is 5.11 Å². The minimum Gasteiger partial charge on any atom is -0.472 e. The second-order valence-electron chi connectivity index (χ2n) is 7.49. The van der Waals surface area contributed by atoms with Crippen LogP contribution in [0.2, 0.25) is 0 Å². The summed E-state index contributed by atoms with van der Waals surface area (Å²) in [6.45, 7) is 5.94. The first-order chi connectivity index (χ1) is 12.2. The van der Waals surface area contributed by atoms with Gasteiger partial charge in [0.05, 0.1) is 24.8 Å². The standard InChI is InChI=1S/C19H26N4O2/c1-15-3-4-18(21-20-15)23-9-5-17-19(13-23,14-24)7-2-8-22(17)11-16-6-10-25-12-16/h3-4,6,10,12,17,24H,2,5,7-9,11,13-14H2,1H3/t17-,19-/m0/s1. The van der Waals surface area contributed by atoms with Crippen molar-refractivity contribution in [1.29, 1.82) is 0 Å². The molecule has 2 aliphatic heterocycles. The number of aryl methyl sites for hydroxylation is 1. The molecule has 6 heteroatoms. The number of hydrogen-bond acceptors (Lipinski definition) is 6. The summed E-state index contributed by atoms with van der Waals surface area (Å²) >= 11 is 0. The van der Waals surface area contributed by atoms with E-state index in [1.807, 2.05) is 31.4 Å². The van der Waals surface area contributed by atoms with Crippen molar-refractivity contribution in [3.05, 3.63) is 42.0 Å². The molecule has 0 aromatic carbocycles. The van der Waals surface area contributed by atoms with E-state index in [1.165, 1.54) is 5.56 Å². The molecule has 6 nitrogen and oxygen atoms in total.